The molecule has 5 rings (SSSR count). The summed E-state index contributed by atoms with van der Waals surface area (Å²) < 4.78 is 12.4. The average molecular weight is 449 g/mol. The number of halogens is 1. The molecule has 1 N–H and O–H groups in total. The van der Waals surface area contributed by atoms with E-state index in [1.54, 1.807) is 6.08 Å². The summed E-state index contributed by atoms with van der Waals surface area (Å²) >= 11 is 7.44. The van der Waals surface area contributed by atoms with E-state index in [4.69, 9.17) is 20.8 Å². The maximum absolute atomic E-state index is 6.24. The second-order valence-corrected chi connectivity index (χ2v) is 8.17. The Bertz CT molecular complexity index is 1240. The van der Waals surface area contributed by atoms with Gasteiger partial charge in [0.15, 0.2) is 11.5 Å². The molecule has 0 bridgehead atoms. The van der Waals surface area contributed by atoms with Gasteiger partial charge < -0.3 is 14.5 Å². The number of benzene rings is 2. The van der Waals surface area contributed by atoms with E-state index in [2.05, 4.69) is 27.1 Å². The Morgan fingerprint density at radius 2 is 1.90 bits per heavy atom. The average Bonchev–Trinajstić information content (AvgIpc) is 3.22. The Morgan fingerprint density at radius 1 is 1.06 bits per heavy atom. The van der Waals surface area contributed by atoms with E-state index in [1.165, 1.54) is 11.8 Å². The SMILES string of the molecule is C=CCSc1nnc2c(n1)O[C@H](c1ccc(-c3ccc(Cl)cc3)o1)Nc1ccccc1-2. The zero-order chi connectivity index (χ0) is 21.2. The Balaban J connectivity index is 1.53. The molecule has 2 aromatic carbocycles. The van der Waals surface area contributed by atoms with E-state index in [0.29, 0.717) is 33.3 Å². The summed E-state index contributed by atoms with van der Waals surface area (Å²) in [5.74, 6) is 2.42. The zero-order valence-electron chi connectivity index (χ0n) is 16.3. The normalized spacial score (nSPS) is 14.5. The molecular weight excluding hydrogens is 432 g/mol. The summed E-state index contributed by atoms with van der Waals surface area (Å²) in [6, 6.07) is 19.1. The molecule has 0 spiro atoms. The summed E-state index contributed by atoms with van der Waals surface area (Å²) in [6.45, 7) is 3.73. The minimum absolute atomic E-state index is 0.397. The third kappa shape index (κ3) is 4.02. The van der Waals surface area contributed by atoms with Crippen LogP contribution in [0.5, 0.6) is 5.88 Å². The fourth-order valence-corrected chi connectivity index (χ4v) is 3.87. The Hall–Kier alpha value is -3.29. The lowest BCUT2D eigenvalue weighted by atomic mass is 10.1. The van der Waals surface area contributed by atoms with Gasteiger partial charge in [-0.3, -0.25) is 0 Å². The predicted molar refractivity (Wildman–Crippen MR) is 122 cm³/mol. The number of furan rings is 1. The van der Waals surface area contributed by atoms with Crippen molar-refractivity contribution in [2.75, 3.05) is 11.1 Å². The van der Waals surface area contributed by atoms with Crippen LogP contribution in [-0.4, -0.2) is 20.9 Å². The first-order valence-corrected chi connectivity index (χ1v) is 10.9. The van der Waals surface area contributed by atoms with Crippen molar-refractivity contribution in [3.8, 4) is 28.5 Å². The second kappa shape index (κ2) is 8.45. The van der Waals surface area contributed by atoms with Gasteiger partial charge in [-0.25, -0.2) is 0 Å². The summed E-state index contributed by atoms with van der Waals surface area (Å²) in [4.78, 5) is 4.58. The number of ether oxygens (including phenoxy) is 1. The molecule has 1 aliphatic heterocycles. The molecule has 0 saturated heterocycles. The lowest BCUT2D eigenvalue weighted by Crippen LogP contribution is -2.16. The fourth-order valence-electron chi connectivity index (χ4n) is 3.23. The van der Waals surface area contributed by atoms with Gasteiger partial charge in [0.05, 0.1) is 0 Å². The van der Waals surface area contributed by atoms with Gasteiger partial charge in [-0.15, -0.1) is 16.8 Å². The number of thioether (sulfide) groups is 1. The molecule has 2 aromatic heterocycles. The number of rotatable bonds is 5. The topological polar surface area (TPSA) is 73.1 Å². The summed E-state index contributed by atoms with van der Waals surface area (Å²) in [6.07, 6.45) is 1.21. The smallest absolute Gasteiger partial charge is 0.247 e. The molecule has 0 fully saturated rings. The fraction of sp³-hybridized carbons (Fsp3) is 0.0870. The molecule has 0 aliphatic carbocycles. The maximum atomic E-state index is 6.24. The van der Waals surface area contributed by atoms with Gasteiger partial charge in [0.25, 0.3) is 0 Å². The van der Waals surface area contributed by atoms with Crippen molar-refractivity contribution < 1.29 is 9.15 Å². The number of para-hydroxylation sites is 1. The van der Waals surface area contributed by atoms with Crippen molar-refractivity contribution in [1.29, 1.82) is 0 Å². The van der Waals surface area contributed by atoms with Crippen LogP contribution in [0.15, 0.2) is 82.9 Å². The van der Waals surface area contributed by atoms with E-state index in [9.17, 15) is 0 Å². The van der Waals surface area contributed by atoms with Gasteiger partial charge in [0.2, 0.25) is 17.3 Å². The van der Waals surface area contributed by atoms with Gasteiger partial charge in [0, 0.05) is 27.6 Å². The molecule has 154 valence electrons. The van der Waals surface area contributed by atoms with E-state index in [-0.39, 0.29) is 0 Å². The third-order valence-corrected chi connectivity index (χ3v) is 5.76. The molecule has 0 unspecified atom stereocenters. The van der Waals surface area contributed by atoms with Crippen molar-refractivity contribution >= 4 is 29.1 Å². The van der Waals surface area contributed by atoms with E-state index < -0.39 is 6.23 Å². The Kier molecular flexibility index (Phi) is 5.36. The first-order valence-electron chi connectivity index (χ1n) is 9.58. The van der Waals surface area contributed by atoms with Crippen LogP contribution in [0.3, 0.4) is 0 Å². The first kappa shape index (κ1) is 19.7. The summed E-state index contributed by atoms with van der Waals surface area (Å²) in [5, 5.41) is 13.2. The highest BCUT2D eigenvalue weighted by Gasteiger charge is 2.28. The largest absolute Gasteiger partial charge is 0.455 e. The number of hydrogen-bond donors (Lipinski definition) is 1. The van der Waals surface area contributed by atoms with Crippen LogP contribution in [0.4, 0.5) is 5.69 Å². The molecule has 6 nitrogen and oxygen atoms in total. The molecule has 3 heterocycles. The second-order valence-electron chi connectivity index (χ2n) is 6.74. The molecule has 8 heteroatoms. The number of hydrogen-bond acceptors (Lipinski definition) is 7. The molecule has 0 amide bonds. The van der Waals surface area contributed by atoms with Crippen LogP contribution < -0.4 is 10.1 Å². The highest BCUT2D eigenvalue weighted by molar-refractivity contribution is 7.99. The number of aromatic nitrogens is 3. The molecule has 31 heavy (non-hydrogen) atoms. The third-order valence-electron chi connectivity index (χ3n) is 4.68. The number of nitrogens with one attached hydrogen (secondary N) is 1. The van der Waals surface area contributed by atoms with Crippen molar-refractivity contribution in [1.82, 2.24) is 15.2 Å². The monoisotopic (exact) mass is 448 g/mol. The molecule has 1 atom stereocenters. The van der Waals surface area contributed by atoms with Crippen molar-refractivity contribution in [2.24, 2.45) is 0 Å². The Morgan fingerprint density at radius 3 is 2.74 bits per heavy atom. The highest BCUT2D eigenvalue weighted by Crippen LogP contribution is 2.40. The van der Waals surface area contributed by atoms with Gasteiger partial charge in [-0.05, 0) is 42.5 Å². The molecule has 0 radical (unpaired) electrons. The van der Waals surface area contributed by atoms with E-state index in [0.717, 1.165) is 22.6 Å². The van der Waals surface area contributed by atoms with Crippen LogP contribution in [0.1, 0.15) is 12.0 Å². The summed E-state index contributed by atoms with van der Waals surface area (Å²) in [5.41, 5.74) is 3.23. The van der Waals surface area contributed by atoms with Crippen LogP contribution >= 0.6 is 23.4 Å². The van der Waals surface area contributed by atoms with Gasteiger partial charge >= 0.3 is 0 Å². The molecular formula is C23H17ClN4O2S. The van der Waals surface area contributed by atoms with Gasteiger partial charge in [-0.2, -0.15) is 4.98 Å². The maximum Gasteiger partial charge on any atom is 0.247 e. The minimum atomic E-state index is -0.586. The number of fused-ring (bicyclic) bond motifs is 3. The number of nitrogens with zero attached hydrogens (tertiary/aromatic N) is 3. The highest BCUT2D eigenvalue weighted by atomic mass is 35.5. The van der Waals surface area contributed by atoms with Crippen molar-refractivity contribution in [2.45, 2.75) is 11.4 Å². The van der Waals surface area contributed by atoms with Crippen LogP contribution in [0.25, 0.3) is 22.6 Å². The standard InChI is InChI=1S/C23H17ClN4O2S/c1-2-13-31-23-26-22-20(27-28-23)16-5-3-4-6-17(16)25-21(30-22)19-12-11-18(29-19)14-7-9-15(24)10-8-14/h2-12,21,25H,1,13H2/t21-/m1/s1. The van der Waals surface area contributed by atoms with E-state index >= 15 is 0 Å². The van der Waals surface area contributed by atoms with E-state index in [1.807, 2.05) is 60.7 Å². The molecule has 4 aromatic rings. The number of anilines is 1. The van der Waals surface area contributed by atoms with Crippen LogP contribution in [-0.2, 0) is 0 Å². The zero-order valence-corrected chi connectivity index (χ0v) is 17.9. The molecule has 0 saturated carbocycles. The Labute approximate surface area is 188 Å². The molecule has 1 aliphatic rings. The lowest BCUT2D eigenvalue weighted by Gasteiger charge is -2.16. The van der Waals surface area contributed by atoms with Crippen molar-refractivity contribution in [3.05, 3.63) is 84.1 Å². The predicted octanol–water partition coefficient (Wildman–Crippen LogP) is 6.23. The van der Waals surface area contributed by atoms with Crippen LogP contribution in [0.2, 0.25) is 5.02 Å². The quantitative estimate of drug-likeness (QED) is 0.286. The summed E-state index contributed by atoms with van der Waals surface area (Å²) in [7, 11) is 0. The first-order chi connectivity index (χ1) is 15.2. The lowest BCUT2D eigenvalue weighted by molar-refractivity contribution is 0.196. The van der Waals surface area contributed by atoms with Crippen LogP contribution in [0, 0.1) is 0 Å². The van der Waals surface area contributed by atoms with Crippen molar-refractivity contribution in [3.63, 3.8) is 0 Å². The van der Waals surface area contributed by atoms with Gasteiger partial charge in [-0.1, -0.05) is 47.6 Å². The van der Waals surface area contributed by atoms with Gasteiger partial charge in [0.1, 0.15) is 5.76 Å². The minimum Gasteiger partial charge on any atom is -0.455 e.